The van der Waals surface area contributed by atoms with Gasteiger partial charge >= 0.3 is 5.97 Å². The molecule has 0 aromatic carbocycles. The molecule has 256 valence electrons. The summed E-state index contributed by atoms with van der Waals surface area (Å²) in [7, 11) is 0. The normalized spacial score (nSPS) is 32.4. The SMILES string of the molecule is CCCCCCCCCCCCCCCCCC(=O)O.OCC1OC(O[C@]2(CO)OC(CO)C(O)C2O)C(O)C(O)C1O. The van der Waals surface area contributed by atoms with Gasteiger partial charge in [0.25, 0.3) is 0 Å². The lowest BCUT2D eigenvalue weighted by Gasteiger charge is -2.43. The first kappa shape index (κ1) is 40.1. The molecule has 0 aliphatic carbocycles. The summed E-state index contributed by atoms with van der Waals surface area (Å²) in [6, 6.07) is 0. The second kappa shape index (κ2) is 22.5. The van der Waals surface area contributed by atoms with Crippen LogP contribution in [0.5, 0.6) is 0 Å². The van der Waals surface area contributed by atoms with E-state index in [9.17, 15) is 35.4 Å². The van der Waals surface area contributed by atoms with Crippen LogP contribution in [0.25, 0.3) is 0 Å². The van der Waals surface area contributed by atoms with Gasteiger partial charge in [0, 0.05) is 6.42 Å². The summed E-state index contributed by atoms with van der Waals surface area (Å²) in [5.41, 5.74) is 0. The first-order valence-corrected chi connectivity index (χ1v) is 16.0. The largest absolute Gasteiger partial charge is 0.481 e. The Hall–Kier alpha value is -0.970. The predicted molar refractivity (Wildman–Crippen MR) is 156 cm³/mol. The van der Waals surface area contributed by atoms with Crippen molar-refractivity contribution >= 4 is 5.97 Å². The van der Waals surface area contributed by atoms with Crippen LogP contribution in [0, 0.1) is 0 Å². The van der Waals surface area contributed by atoms with Crippen molar-refractivity contribution in [2.24, 2.45) is 0 Å². The van der Waals surface area contributed by atoms with E-state index in [1.807, 2.05) is 0 Å². The molecule has 2 fully saturated rings. The molecule has 43 heavy (non-hydrogen) atoms. The van der Waals surface area contributed by atoms with Crippen LogP contribution in [0.4, 0.5) is 0 Å². The zero-order valence-electron chi connectivity index (χ0n) is 25.7. The lowest BCUT2D eigenvalue weighted by molar-refractivity contribution is -0.383. The van der Waals surface area contributed by atoms with Gasteiger partial charge in [0.2, 0.25) is 5.79 Å². The maximum absolute atomic E-state index is 10.3. The number of aliphatic carboxylic acids is 1. The number of aliphatic hydroxyl groups is 8. The molecule has 0 bridgehead atoms. The van der Waals surface area contributed by atoms with Crippen LogP contribution in [-0.2, 0) is 19.0 Å². The second-order valence-electron chi connectivity index (χ2n) is 11.7. The van der Waals surface area contributed by atoms with E-state index in [0.29, 0.717) is 6.42 Å². The number of carboxylic acid groups (broad SMARTS) is 1. The molecule has 9 atom stereocenters. The third-order valence-corrected chi connectivity index (χ3v) is 8.06. The summed E-state index contributed by atoms with van der Waals surface area (Å²) in [5.74, 6) is -2.87. The Morgan fingerprint density at radius 1 is 0.651 bits per heavy atom. The van der Waals surface area contributed by atoms with Crippen molar-refractivity contribution in [1.82, 2.24) is 0 Å². The highest BCUT2D eigenvalue weighted by molar-refractivity contribution is 5.66. The molecular weight excluding hydrogens is 568 g/mol. The van der Waals surface area contributed by atoms with Gasteiger partial charge in [0.1, 0.15) is 49.3 Å². The highest BCUT2D eigenvalue weighted by Gasteiger charge is 2.58. The second-order valence-corrected chi connectivity index (χ2v) is 11.7. The van der Waals surface area contributed by atoms with Gasteiger partial charge in [0.15, 0.2) is 6.29 Å². The van der Waals surface area contributed by atoms with Crippen molar-refractivity contribution in [1.29, 1.82) is 0 Å². The van der Waals surface area contributed by atoms with Crippen molar-refractivity contribution in [3.63, 3.8) is 0 Å². The molecule has 2 heterocycles. The average molecular weight is 627 g/mol. The van der Waals surface area contributed by atoms with Crippen LogP contribution in [-0.4, -0.2) is 127 Å². The van der Waals surface area contributed by atoms with E-state index < -0.39 is 80.6 Å². The molecule has 8 unspecified atom stereocenters. The first-order valence-electron chi connectivity index (χ1n) is 16.0. The van der Waals surface area contributed by atoms with Crippen LogP contribution in [0.1, 0.15) is 110 Å². The molecule has 0 aromatic rings. The van der Waals surface area contributed by atoms with Crippen LogP contribution in [0.3, 0.4) is 0 Å². The van der Waals surface area contributed by atoms with E-state index in [1.165, 1.54) is 83.5 Å². The molecule has 13 nitrogen and oxygen atoms in total. The monoisotopic (exact) mass is 626 g/mol. The van der Waals surface area contributed by atoms with Crippen molar-refractivity contribution in [2.45, 2.75) is 164 Å². The number of rotatable bonds is 21. The van der Waals surface area contributed by atoms with E-state index in [0.717, 1.165) is 12.8 Å². The fourth-order valence-corrected chi connectivity index (χ4v) is 5.28. The summed E-state index contributed by atoms with van der Waals surface area (Å²) in [6.45, 7) is -0.0524. The summed E-state index contributed by atoms with van der Waals surface area (Å²) in [5, 5.41) is 85.2. The Labute approximate surface area is 255 Å². The summed E-state index contributed by atoms with van der Waals surface area (Å²) in [4.78, 5) is 10.3. The number of ether oxygens (including phenoxy) is 3. The molecule has 2 aliphatic rings. The van der Waals surface area contributed by atoms with Crippen LogP contribution < -0.4 is 0 Å². The minimum Gasteiger partial charge on any atom is -0.481 e. The standard InChI is InChI=1S/C18H36O2.C12H22O11/c1-2-3-4-5-6-7-8-9-10-11-12-13-14-15-16-17-18(19)20;13-1-4-6(16)8(18)9(19)11(21-4)23-12(3-15)10(20)7(17)5(2-14)22-12/h2-17H2,1H3,(H,19,20);4-11,13-20H,1-3H2/t;4?,5?,6?,7?,8?,9?,10?,11?,12-/m.0/s1. The van der Waals surface area contributed by atoms with Crippen molar-refractivity contribution < 1.29 is 65.0 Å². The molecule has 13 heteroatoms. The minimum atomic E-state index is -2.22. The van der Waals surface area contributed by atoms with Gasteiger partial charge in [-0.3, -0.25) is 4.79 Å². The summed E-state index contributed by atoms with van der Waals surface area (Å²) < 4.78 is 15.4. The topological polar surface area (TPSA) is 227 Å². The highest BCUT2D eigenvalue weighted by atomic mass is 16.8. The van der Waals surface area contributed by atoms with Gasteiger partial charge < -0.3 is 60.2 Å². The van der Waals surface area contributed by atoms with Gasteiger partial charge in [0.05, 0.1) is 13.2 Å². The van der Waals surface area contributed by atoms with Gasteiger partial charge in [-0.25, -0.2) is 0 Å². The number of carboxylic acids is 1. The number of unbranched alkanes of at least 4 members (excludes halogenated alkanes) is 14. The Morgan fingerprint density at radius 2 is 1.12 bits per heavy atom. The van der Waals surface area contributed by atoms with E-state index in [4.69, 9.17) is 29.5 Å². The number of carbonyl (C=O) groups is 1. The third kappa shape index (κ3) is 13.9. The molecule has 2 rings (SSSR count). The number of aliphatic hydroxyl groups excluding tert-OH is 8. The van der Waals surface area contributed by atoms with Crippen molar-refractivity contribution in [2.75, 3.05) is 19.8 Å². The van der Waals surface area contributed by atoms with E-state index >= 15 is 0 Å². The molecule has 0 amide bonds. The summed E-state index contributed by atoms with van der Waals surface area (Å²) >= 11 is 0. The van der Waals surface area contributed by atoms with E-state index in [2.05, 4.69) is 6.92 Å². The maximum atomic E-state index is 10.3. The molecule has 0 radical (unpaired) electrons. The molecule has 0 spiro atoms. The molecule has 0 saturated carbocycles. The Balaban J connectivity index is 0.000000436. The Bertz CT molecular complexity index is 712. The first-order chi connectivity index (χ1) is 20.6. The van der Waals surface area contributed by atoms with Crippen molar-refractivity contribution in [3.8, 4) is 0 Å². The molecule has 2 aliphatic heterocycles. The van der Waals surface area contributed by atoms with E-state index in [1.54, 1.807) is 0 Å². The fourth-order valence-electron chi connectivity index (χ4n) is 5.28. The molecular formula is C30H58O13. The van der Waals surface area contributed by atoms with Crippen molar-refractivity contribution in [3.05, 3.63) is 0 Å². The van der Waals surface area contributed by atoms with Crippen LogP contribution in [0.2, 0.25) is 0 Å². The smallest absolute Gasteiger partial charge is 0.303 e. The van der Waals surface area contributed by atoms with Crippen LogP contribution >= 0.6 is 0 Å². The minimum absolute atomic E-state index is 0.345. The highest BCUT2D eigenvalue weighted by Crippen LogP contribution is 2.35. The quantitative estimate of drug-likeness (QED) is 0.0809. The Morgan fingerprint density at radius 3 is 1.51 bits per heavy atom. The van der Waals surface area contributed by atoms with Gasteiger partial charge in [-0.05, 0) is 6.42 Å². The Kier molecular flexibility index (Phi) is 21.0. The zero-order valence-corrected chi connectivity index (χ0v) is 25.7. The molecule has 2 saturated heterocycles. The molecule has 0 aromatic heterocycles. The fraction of sp³-hybridized carbons (Fsp3) is 0.967. The van der Waals surface area contributed by atoms with Gasteiger partial charge in [-0.1, -0.05) is 96.8 Å². The third-order valence-electron chi connectivity index (χ3n) is 8.06. The number of hydrogen-bond acceptors (Lipinski definition) is 12. The molecule has 9 N–H and O–H groups in total. The average Bonchev–Trinajstić information content (AvgIpc) is 3.24. The number of hydrogen-bond donors (Lipinski definition) is 9. The van der Waals surface area contributed by atoms with Gasteiger partial charge in [-0.2, -0.15) is 0 Å². The maximum Gasteiger partial charge on any atom is 0.303 e. The zero-order chi connectivity index (χ0) is 32.3. The van der Waals surface area contributed by atoms with Crippen LogP contribution in [0.15, 0.2) is 0 Å². The van der Waals surface area contributed by atoms with Gasteiger partial charge in [-0.15, -0.1) is 0 Å². The summed E-state index contributed by atoms with van der Waals surface area (Å²) in [6.07, 6.45) is 7.55. The predicted octanol–water partition coefficient (Wildman–Crippen LogP) is 0.937. The van der Waals surface area contributed by atoms with E-state index in [-0.39, 0.29) is 0 Å². The lowest BCUT2D eigenvalue weighted by atomic mass is 9.99. The lowest BCUT2D eigenvalue weighted by Crippen LogP contribution is -2.62.